The third-order valence-electron chi connectivity index (χ3n) is 4.34. The Morgan fingerprint density at radius 2 is 2.04 bits per heavy atom. The first-order valence-corrected chi connectivity index (χ1v) is 8.18. The minimum Gasteiger partial charge on any atom is -0.398 e. The van der Waals surface area contributed by atoms with Gasteiger partial charge in [0, 0.05) is 23.6 Å². The molecule has 0 aliphatic carbocycles. The molecule has 0 unspecified atom stereocenters. The summed E-state index contributed by atoms with van der Waals surface area (Å²) in [7, 11) is 0. The summed E-state index contributed by atoms with van der Waals surface area (Å²) in [5.41, 5.74) is 11.2. The Balaban J connectivity index is 0.00000208. The average Bonchev–Trinajstić information content (AvgIpc) is 2.56. The predicted molar refractivity (Wildman–Crippen MR) is 103 cm³/mol. The van der Waals surface area contributed by atoms with E-state index in [0.29, 0.717) is 6.54 Å². The molecule has 0 bridgehead atoms. The van der Waals surface area contributed by atoms with Gasteiger partial charge >= 0.3 is 0 Å². The Morgan fingerprint density at radius 1 is 1.25 bits per heavy atom. The number of rotatable bonds is 4. The van der Waals surface area contributed by atoms with Crippen molar-refractivity contribution in [2.24, 2.45) is 0 Å². The maximum Gasteiger partial charge on any atom is 0.243 e. The number of aryl methyl sites for hydroxylation is 1. The van der Waals surface area contributed by atoms with Gasteiger partial charge in [0.2, 0.25) is 5.91 Å². The highest BCUT2D eigenvalue weighted by Gasteiger charge is 2.20. The van der Waals surface area contributed by atoms with Crippen molar-refractivity contribution >= 4 is 35.4 Å². The van der Waals surface area contributed by atoms with Gasteiger partial charge in [0.15, 0.2) is 0 Å². The number of nitrogens with one attached hydrogen (secondary N) is 1. The van der Waals surface area contributed by atoms with Crippen LogP contribution in [0.5, 0.6) is 0 Å². The Morgan fingerprint density at radius 3 is 2.83 bits per heavy atom. The molecule has 2 aromatic carbocycles. The number of benzene rings is 2. The SMILES string of the molecule is CCc1cccc(NC(=O)CN2CCCc3c(N)cccc32)c1.Cl. The molecule has 2 aromatic rings. The first-order valence-electron chi connectivity index (χ1n) is 8.18. The molecule has 0 radical (unpaired) electrons. The molecule has 3 N–H and O–H groups in total. The highest BCUT2D eigenvalue weighted by molar-refractivity contribution is 5.94. The Bertz CT molecular complexity index is 718. The third kappa shape index (κ3) is 4.01. The lowest BCUT2D eigenvalue weighted by Crippen LogP contribution is -2.37. The van der Waals surface area contributed by atoms with Gasteiger partial charge in [0.1, 0.15) is 0 Å². The zero-order chi connectivity index (χ0) is 16.2. The lowest BCUT2D eigenvalue weighted by Gasteiger charge is -2.31. The standard InChI is InChI=1S/C19H23N3O.ClH/c1-2-14-6-3-7-15(12-14)21-19(23)13-22-11-5-8-16-17(20)9-4-10-18(16)22;/h3-4,6-7,9-10,12H,2,5,8,11,13,20H2,1H3,(H,21,23);1H. The van der Waals surface area contributed by atoms with Crippen LogP contribution in [0.4, 0.5) is 17.1 Å². The summed E-state index contributed by atoms with van der Waals surface area (Å²) in [6.45, 7) is 3.35. The van der Waals surface area contributed by atoms with Crippen LogP contribution in [-0.2, 0) is 17.6 Å². The third-order valence-corrected chi connectivity index (χ3v) is 4.34. The monoisotopic (exact) mass is 345 g/mol. The molecule has 0 fully saturated rings. The lowest BCUT2D eigenvalue weighted by molar-refractivity contribution is -0.115. The van der Waals surface area contributed by atoms with Gasteiger partial charge in [-0.2, -0.15) is 0 Å². The van der Waals surface area contributed by atoms with Crippen molar-refractivity contribution in [1.82, 2.24) is 0 Å². The maximum atomic E-state index is 12.4. The number of amides is 1. The maximum absolute atomic E-state index is 12.4. The van der Waals surface area contributed by atoms with E-state index in [4.69, 9.17) is 5.73 Å². The lowest BCUT2D eigenvalue weighted by atomic mass is 10.00. The number of anilines is 3. The van der Waals surface area contributed by atoms with Crippen molar-refractivity contribution in [3.8, 4) is 0 Å². The minimum atomic E-state index is 0. The van der Waals surface area contributed by atoms with Gasteiger partial charge < -0.3 is 16.0 Å². The van der Waals surface area contributed by atoms with Crippen LogP contribution in [0, 0.1) is 0 Å². The van der Waals surface area contributed by atoms with E-state index in [0.717, 1.165) is 42.9 Å². The van der Waals surface area contributed by atoms with Crippen LogP contribution in [0.2, 0.25) is 0 Å². The van der Waals surface area contributed by atoms with Crippen LogP contribution < -0.4 is 16.0 Å². The molecule has 4 nitrogen and oxygen atoms in total. The summed E-state index contributed by atoms with van der Waals surface area (Å²) in [4.78, 5) is 14.5. The largest absolute Gasteiger partial charge is 0.398 e. The second kappa shape index (κ2) is 8.06. The molecule has 0 saturated heterocycles. The van der Waals surface area contributed by atoms with Crippen LogP contribution in [0.25, 0.3) is 0 Å². The summed E-state index contributed by atoms with van der Waals surface area (Å²) >= 11 is 0. The van der Waals surface area contributed by atoms with E-state index >= 15 is 0 Å². The normalized spacial score (nSPS) is 13.0. The quantitative estimate of drug-likeness (QED) is 0.832. The predicted octanol–water partition coefficient (Wildman–Crippen LogP) is 3.64. The van der Waals surface area contributed by atoms with E-state index in [9.17, 15) is 4.79 Å². The van der Waals surface area contributed by atoms with Gasteiger partial charge in [-0.3, -0.25) is 4.79 Å². The van der Waals surface area contributed by atoms with Gasteiger partial charge in [0.05, 0.1) is 6.54 Å². The van der Waals surface area contributed by atoms with E-state index in [1.54, 1.807) is 0 Å². The van der Waals surface area contributed by atoms with Crippen LogP contribution in [0.3, 0.4) is 0 Å². The number of carbonyl (C=O) groups excluding carboxylic acids is 1. The van der Waals surface area contributed by atoms with Crippen molar-refractivity contribution in [2.45, 2.75) is 26.2 Å². The summed E-state index contributed by atoms with van der Waals surface area (Å²) in [5.74, 6) is 0.00790. The van der Waals surface area contributed by atoms with E-state index in [-0.39, 0.29) is 18.3 Å². The number of nitrogens with two attached hydrogens (primary N) is 1. The van der Waals surface area contributed by atoms with Gasteiger partial charge in [-0.25, -0.2) is 0 Å². The molecular weight excluding hydrogens is 322 g/mol. The van der Waals surface area contributed by atoms with E-state index in [1.807, 2.05) is 30.3 Å². The molecule has 1 aliphatic rings. The number of hydrogen-bond acceptors (Lipinski definition) is 3. The van der Waals surface area contributed by atoms with Crippen molar-refractivity contribution in [3.63, 3.8) is 0 Å². The fraction of sp³-hybridized carbons (Fsp3) is 0.316. The Labute approximate surface area is 149 Å². The van der Waals surface area contributed by atoms with Crippen molar-refractivity contribution in [1.29, 1.82) is 0 Å². The van der Waals surface area contributed by atoms with Crippen LogP contribution >= 0.6 is 12.4 Å². The molecule has 0 aromatic heterocycles. The second-order valence-corrected chi connectivity index (χ2v) is 5.97. The van der Waals surface area contributed by atoms with Crippen molar-refractivity contribution < 1.29 is 4.79 Å². The Hall–Kier alpha value is -2.20. The van der Waals surface area contributed by atoms with Crippen LogP contribution in [0.15, 0.2) is 42.5 Å². The summed E-state index contributed by atoms with van der Waals surface area (Å²) in [5, 5.41) is 3.00. The smallest absolute Gasteiger partial charge is 0.243 e. The fourth-order valence-corrected chi connectivity index (χ4v) is 3.13. The minimum absolute atomic E-state index is 0. The van der Waals surface area contributed by atoms with E-state index in [2.05, 4.69) is 29.3 Å². The number of fused-ring (bicyclic) bond motifs is 1. The highest BCUT2D eigenvalue weighted by atomic mass is 35.5. The molecule has 0 saturated carbocycles. The van der Waals surface area contributed by atoms with Crippen LogP contribution in [-0.4, -0.2) is 19.0 Å². The van der Waals surface area contributed by atoms with Gasteiger partial charge in [-0.05, 0) is 54.7 Å². The molecular formula is C19H24ClN3O. The first-order chi connectivity index (χ1) is 11.2. The molecule has 0 atom stereocenters. The van der Waals surface area contributed by atoms with Gasteiger partial charge in [0.25, 0.3) is 0 Å². The molecule has 3 rings (SSSR count). The highest BCUT2D eigenvalue weighted by Crippen LogP contribution is 2.31. The summed E-state index contributed by atoms with van der Waals surface area (Å²) in [6.07, 6.45) is 2.97. The molecule has 1 aliphatic heterocycles. The number of nitrogen functional groups attached to an aromatic ring is 1. The van der Waals surface area contributed by atoms with E-state index < -0.39 is 0 Å². The molecule has 1 heterocycles. The summed E-state index contributed by atoms with van der Waals surface area (Å²) < 4.78 is 0. The zero-order valence-electron chi connectivity index (χ0n) is 13.9. The molecule has 128 valence electrons. The van der Waals surface area contributed by atoms with Crippen LogP contribution in [0.1, 0.15) is 24.5 Å². The topological polar surface area (TPSA) is 58.4 Å². The number of carbonyl (C=O) groups is 1. The van der Waals surface area contributed by atoms with Crippen molar-refractivity contribution in [2.75, 3.05) is 29.0 Å². The number of halogens is 1. The molecule has 24 heavy (non-hydrogen) atoms. The van der Waals surface area contributed by atoms with E-state index in [1.165, 1.54) is 11.1 Å². The molecule has 0 spiro atoms. The second-order valence-electron chi connectivity index (χ2n) is 5.97. The number of nitrogens with zero attached hydrogens (tertiary/aromatic N) is 1. The average molecular weight is 346 g/mol. The van der Waals surface area contributed by atoms with Crippen molar-refractivity contribution in [3.05, 3.63) is 53.6 Å². The number of hydrogen-bond donors (Lipinski definition) is 2. The van der Waals surface area contributed by atoms with Gasteiger partial charge in [-0.1, -0.05) is 25.1 Å². The Kier molecular flexibility index (Phi) is 6.10. The first kappa shape index (κ1) is 18.1. The van der Waals surface area contributed by atoms with Gasteiger partial charge in [-0.15, -0.1) is 12.4 Å². The molecule has 1 amide bonds. The summed E-state index contributed by atoms with van der Waals surface area (Å²) in [6, 6.07) is 13.9. The fourth-order valence-electron chi connectivity index (χ4n) is 3.13. The molecule has 5 heteroatoms. The zero-order valence-corrected chi connectivity index (χ0v) is 14.7.